The smallest absolute Gasteiger partial charge is 0.222 e. The van der Waals surface area contributed by atoms with Crippen molar-refractivity contribution < 1.29 is 0 Å². The van der Waals surface area contributed by atoms with E-state index in [2.05, 4.69) is 20.3 Å². The van der Waals surface area contributed by atoms with Gasteiger partial charge in [0.25, 0.3) is 0 Å². The van der Waals surface area contributed by atoms with Gasteiger partial charge in [-0.25, -0.2) is 9.97 Å². The van der Waals surface area contributed by atoms with Crippen molar-refractivity contribution in [3.05, 3.63) is 18.5 Å². The van der Waals surface area contributed by atoms with Crippen LogP contribution in [-0.2, 0) is 0 Å². The number of aliphatic imine (C=N–C) groups is 1. The zero-order valence-corrected chi connectivity index (χ0v) is 7.14. The quantitative estimate of drug-likeness (QED) is 0.318. The molecule has 70 valence electrons. The fraction of sp³-hybridized carbons (Fsp3) is 0.286. The predicted octanol–water partition coefficient (Wildman–Crippen LogP) is -0.838. The van der Waals surface area contributed by atoms with Crippen LogP contribution < -0.4 is 16.8 Å². The van der Waals surface area contributed by atoms with Crippen molar-refractivity contribution in [1.82, 2.24) is 9.97 Å². The molecule has 1 aromatic heterocycles. The number of anilines is 1. The van der Waals surface area contributed by atoms with Crippen molar-refractivity contribution in [2.24, 2.45) is 16.5 Å². The molecule has 0 radical (unpaired) electrons. The Morgan fingerprint density at radius 1 is 1.38 bits per heavy atom. The fourth-order valence-electron chi connectivity index (χ4n) is 0.743. The maximum absolute atomic E-state index is 5.14. The monoisotopic (exact) mass is 180 g/mol. The third kappa shape index (κ3) is 3.90. The van der Waals surface area contributed by atoms with Crippen LogP contribution in [0.2, 0.25) is 0 Å². The third-order valence-corrected chi connectivity index (χ3v) is 1.26. The first-order chi connectivity index (χ1) is 6.29. The summed E-state index contributed by atoms with van der Waals surface area (Å²) in [7, 11) is 0. The van der Waals surface area contributed by atoms with E-state index in [-0.39, 0.29) is 5.96 Å². The highest BCUT2D eigenvalue weighted by atomic mass is 15.1. The summed E-state index contributed by atoms with van der Waals surface area (Å²) in [6.07, 6.45) is 3.33. The molecule has 0 aliphatic heterocycles. The minimum atomic E-state index is 0.0933. The third-order valence-electron chi connectivity index (χ3n) is 1.26. The summed E-state index contributed by atoms with van der Waals surface area (Å²) in [6, 6.07) is 1.75. The zero-order valence-electron chi connectivity index (χ0n) is 7.14. The first-order valence-corrected chi connectivity index (χ1v) is 3.85. The molecule has 0 unspecified atom stereocenters. The fourth-order valence-corrected chi connectivity index (χ4v) is 0.743. The lowest BCUT2D eigenvalue weighted by Gasteiger charge is -2.00. The van der Waals surface area contributed by atoms with Crippen LogP contribution in [0.5, 0.6) is 0 Å². The second-order valence-electron chi connectivity index (χ2n) is 2.31. The Morgan fingerprint density at radius 2 is 2.08 bits per heavy atom. The lowest BCUT2D eigenvalue weighted by molar-refractivity contribution is 0.983. The van der Waals surface area contributed by atoms with Crippen molar-refractivity contribution >= 4 is 11.9 Å². The maximum Gasteiger partial charge on any atom is 0.222 e. The van der Waals surface area contributed by atoms with Gasteiger partial charge in [0.05, 0.1) is 6.54 Å². The lowest BCUT2D eigenvalue weighted by Crippen LogP contribution is -2.24. The van der Waals surface area contributed by atoms with Crippen LogP contribution in [0.25, 0.3) is 0 Å². The predicted molar refractivity (Wildman–Crippen MR) is 51.2 cm³/mol. The Bertz CT molecular complexity index is 266. The Hall–Kier alpha value is -1.85. The van der Waals surface area contributed by atoms with Crippen molar-refractivity contribution in [3.8, 4) is 0 Å². The SMILES string of the molecule is NC(N)=NCCNc1ncccn1. The second-order valence-corrected chi connectivity index (χ2v) is 2.31. The van der Waals surface area contributed by atoms with E-state index in [0.29, 0.717) is 19.0 Å². The summed E-state index contributed by atoms with van der Waals surface area (Å²) >= 11 is 0. The summed E-state index contributed by atoms with van der Waals surface area (Å²) in [6.45, 7) is 1.13. The lowest BCUT2D eigenvalue weighted by atomic mass is 10.6. The Morgan fingerprint density at radius 3 is 2.69 bits per heavy atom. The van der Waals surface area contributed by atoms with E-state index in [1.54, 1.807) is 18.5 Å². The van der Waals surface area contributed by atoms with E-state index in [1.807, 2.05) is 0 Å². The normalized spacial score (nSPS) is 9.23. The number of rotatable bonds is 4. The minimum Gasteiger partial charge on any atom is -0.370 e. The van der Waals surface area contributed by atoms with Gasteiger partial charge in [-0.1, -0.05) is 0 Å². The van der Waals surface area contributed by atoms with E-state index >= 15 is 0 Å². The van der Waals surface area contributed by atoms with Crippen LogP contribution >= 0.6 is 0 Å². The van der Waals surface area contributed by atoms with Gasteiger partial charge in [0.1, 0.15) is 0 Å². The minimum absolute atomic E-state index is 0.0933. The van der Waals surface area contributed by atoms with Gasteiger partial charge >= 0.3 is 0 Å². The zero-order chi connectivity index (χ0) is 9.52. The van der Waals surface area contributed by atoms with Crippen LogP contribution in [-0.4, -0.2) is 29.0 Å². The van der Waals surface area contributed by atoms with E-state index in [0.717, 1.165) is 0 Å². The standard InChI is InChI=1S/C7H12N6/c8-6(9)10-4-5-13-7-11-2-1-3-12-7/h1-3H,4-5H2,(H4,8,9,10)(H,11,12,13). The van der Waals surface area contributed by atoms with Gasteiger partial charge in [-0.15, -0.1) is 0 Å². The summed E-state index contributed by atoms with van der Waals surface area (Å²) in [4.78, 5) is 11.7. The van der Waals surface area contributed by atoms with Gasteiger partial charge in [0, 0.05) is 18.9 Å². The largest absolute Gasteiger partial charge is 0.370 e. The second kappa shape index (κ2) is 4.91. The molecule has 0 saturated carbocycles. The van der Waals surface area contributed by atoms with Crippen molar-refractivity contribution in [2.75, 3.05) is 18.4 Å². The van der Waals surface area contributed by atoms with Crippen molar-refractivity contribution in [2.45, 2.75) is 0 Å². The molecule has 0 aliphatic rings. The van der Waals surface area contributed by atoms with Crippen LogP contribution in [0.1, 0.15) is 0 Å². The number of guanidine groups is 1. The number of hydrogen-bond acceptors (Lipinski definition) is 4. The molecule has 0 aromatic carbocycles. The molecule has 0 atom stereocenters. The molecule has 0 fully saturated rings. The van der Waals surface area contributed by atoms with E-state index in [9.17, 15) is 0 Å². The van der Waals surface area contributed by atoms with Crippen LogP contribution in [0.3, 0.4) is 0 Å². The highest BCUT2D eigenvalue weighted by Gasteiger charge is 1.90. The summed E-state index contributed by atoms with van der Waals surface area (Å²) in [5.74, 6) is 0.670. The molecule has 0 bridgehead atoms. The van der Waals surface area contributed by atoms with E-state index < -0.39 is 0 Å². The van der Waals surface area contributed by atoms with Crippen molar-refractivity contribution in [3.63, 3.8) is 0 Å². The Kier molecular flexibility index (Phi) is 3.49. The van der Waals surface area contributed by atoms with Crippen LogP contribution in [0, 0.1) is 0 Å². The maximum atomic E-state index is 5.14. The van der Waals surface area contributed by atoms with E-state index in [1.165, 1.54) is 0 Å². The average molecular weight is 180 g/mol. The summed E-state index contributed by atoms with van der Waals surface area (Å²) in [5.41, 5.74) is 10.3. The molecule has 13 heavy (non-hydrogen) atoms. The van der Waals surface area contributed by atoms with Gasteiger partial charge in [-0.2, -0.15) is 0 Å². The number of nitrogens with zero attached hydrogens (tertiary/aromatic N) is 3. The van der Waals surface area contributed by atoms with Crippen molar-refractivity contribution in [1.29, 1.82) is 0 Å². The van der Waals surface area contributed by atoms with Gasteiger partial charge in [0.15, 0.2) is 5.96 Å². The molecule has 0 aliphatic carbocycles. The summed E-state index contributed by atoms with van der Waals surface area (Å²) in [5, 5.41) is 2.96. The van der Waals surface area contributed by atoms with Crippen LogP contribution in [0.15, 0.2) is 23.5 Å². The average Bonchev–Trinajstić information content (AvgIpc) is 2.14. The van der Waals surface area contributed by atoms with Crippen LogP contribution in [0.4, 0.5) is 5.95 Å². The molecule has 0 amide bonds. The topological polar surface area (TPSA) is 102 Å². The van der Waals surface area contributed by atoms with Gasteiger partial charge in [0.2, 0.25) is 5.95 Å². The molecular weight excluding hydrogens is 168 g/mol. The Balaban J connectivity index is 2.25. The van der Waals surface area contributed by atoms with Gasteiger partial charge in [-0.3, -0.25) is 4.99 Å². The van der Waals surface area contributed by atoms with Gasteiger partial charge in [-0.05, 0) is 6.07 Å². The Labute approximate surface area is 76.1 Å². The number of hydrogen-bond donors (Lipinski definition) is 3. The molecule has 5 N–H and O–H groups in total. The molecule has 0 spiro atoms. The molecule has 6 nitrogen and oxygen atoms in total. The summed E-state index contributed by atoms with van der Waals surface area (Å²) < 4.78 is 0. The number of aromatic nitrogens is 2. The molecule has 6 heteroatoms. The first-order valence-electron chi connectivity index (χ1n) is 3.85. The first kappa shape index (κ1) is 9.24. The highest BCUT2D eigenvalue weighted by Crippen LogP contribution is 1.91. The van der Waals surface area contributed by atoms with E-state index in [4.69, 9.17) is 11.5 Å². The highest BCUT2D eigenvalue weighted by molar-refractivity contribution is 5.75. The molecule has 1 rings (SSSR count). The molecule has 0 saturated heterocycles. The molecule has 1 aromatic rings. The molecule has 1 heterocycles. The molecular formula is C7H12N6. The van der Waals surface area contributed by atoms with Gasteiger partial charge < -0.3 is 16.8 Å². The number of nitrogens with two attached hydrogens (primary N) is 2. The number of nitrogens with one attached hydrogen (secondary N) is 1.